The van der Waals surface area contributed by atoms with Crippen molar-refractivity contribution in [2.75, 3.05) is 26.1 Å². The fraction of sp³-hybridized carbons (Fsp3) is 0.333. The maximum atomic E-state index is 5.78. The average Bonchev–Trinajstić information content (AvgIpc) is 2.82. The van der Waals surface area contributed by atoms with Crippen LogP contribution in [0.1, 0.15) is 57.7 Å². The van der Waals surface area contributed by atoms with Crippen molar-refractivity contribution in [1.29, 1.82) is 0 Å². The van der Waals surface area contributed by atoms with Crippen LogP contribution in [0.15, 0.2) is 60.7 Å². The molecule has 0 radical (unpaired) electrons. The van der Waals surface area contributed by atoms with Gasteiger partial charge in [-0.1, -0.05) is 70.2 Å². The molecule has 0 spiro atoms. The van der Waals surface area contributed by atoms with E-state index in [1.165, 1.54) is 11.1 Å². The van der Waals surface area contributed by atoms with E-state index >= 15 is 0 Å². The number of anilines is 1. The van der Waals surface area contributed by atoms with E-state index in [0.717, 1.165) is 52.4 Å². The molecule has 0 fully saturated rings. The van der Waals surface area contributed by atoms with Crippen molar-refractivity contribution < 1.29 is 9.47 Å². The number of methoxy groups -OCH3 is 2. The largest absolute Gasteiger partial charge is 0.493 e. The lowest BCUT2D eigenvalue weighted by molar-refractivity contribution is 0.356. The monoisotopic (exact) mass is 443 g/mol. The van der Waals surface area contributed by atoms with Crippen LogP contribution in [0.5, 0.6) is 11.5 Å². The first-order valence-corrected chi connectivity index (χ1v) is 11.7. The summed E-state index contributed by atoms with van der Waals surface area (Å²) in [5.41, 5.74) is 8.14. The molecule has 0 saturated carbocycles. The highest BCUT2D eigenvalue weighted by atomic mass is 16.5. The minimum absolute atomic E-state index is 0.112. The summed E-state index contributed by atoms with van der Waals surface area (Å²) in [5.74, 6) is 1.48. The molecular weight excluding hydrogens is 406 g/mol. The van der Waals surface area contributed by atoms with E-state index in [1.807, 2.05) is 0 Å². The Morgan fingerprint density at radius 1 is 0.939 bits per heavy atom. The third kappa shape index (κ3) is 5.78. The van der Waals surface area contributed by atoms with Crippen LogP contribution in [0.25, 0.3) is 22.8 Å². The van der Waals surface area contributed by atoms with Gasteiger partial charge in [-0.25, -0.2) is 0 Å². The van der Waals surface area contributed by atoms with E-state index in [9.17, 15) is 0 Å². The summed E-state index contributed by atoms with van der Waals surface area (Å²) < 4.78 is 11.5. The normalized spacial score (nSPS) is 11.9. The van der Waals surface area contributed by atoms with Crippen LogP contribution in [0.3, 0.4) is 0 Å². The first-order chi connectivity index (χ1) is 15.8. The van der Waals surface area contributed by atoms with Gasteiger partial charge in [-0.15, -0.1) is 0 Å². The van der Waals surface area contributed by atoms with Crippen molar-refractivity contribution >= 4 is 17.3 Å². The van der Waals surface area contributed by atoms with Crippen molar-refractivity contribution in [2.45, 2.75) is 46.5 Å². The zero-order valence-corrected chi connectivity index (χ0v) is 21.1. The Bertz CT molecular complexity index is 1110. The van der Waals surface area contributed by atoms with E-state index in [2.05, 4.69) is 107 Å². The van der Waals surface area contributed by atoms with Gasteiger partial charge in [0.2, 0.25) is 0 Å². The van der Waals surface area contributed by atoms with Crippen LogP contribution in [0.2, 0.25) is 0 Å². The predicted molar refractivity (Wildman–Crippen MR) is 142 cm³/mol. The second-order valence-electron chi connectivity index (χ2n) is 9.43. The smallest absolute Gasteiger partial charge is 0.168 e. The van der Waals surface area contributed by atoms with Crippen molar-refractivity contribution in [3.63, 3.8) is 0 Å². The van der Waals surface area contributed by atoms with Gasteiger partial charge < -0.3 is 14.8 Å². The molecular formula is C30H37NO2. The fourth-order valence-corrected chi connectivity index (χ4v) is 3.92. The lowest BCUT2D eigenvalue weighted by atomic mass is 9.86. The van der Waals surface area contributed by atoms with Gasteiger partial charge in [0.1, 0.15) is 0 Å². The maximum Gasteiger partial charge on any atom is 0.168 e. The summed E-state index contributed by atoms with van der Waals surface area (Å²) in [4.78, 5) is 0. The minimum atomic E-state index is 0.112. The molecule has 3 aromatic carbocycles. The highest BCUT2D eigenvalue weighted by molar-refractivity contribution is 5.87. The van der Waals surface area contributed by atoms with Crippen LogP contribution in [-0.4, -0.2) is 20.8 Å². The molecule has 0 aliphatic rings. The summed E-state index contributed by atoms with van der Waals surface area (Å²) in [7, 11) is 3.39. The number of allylic oxidation sites excluding steroid dienone is 1. The maximum absolute atomic E-state index is 5.78. The number of ether oxygens (including phenoxy) is 2. The van der Waals surface area contributed by atoms with E-state index in [4.69, 9.17) is 9.47 Å². The second kappa shape index (κ2) is 10.6. The molecule has 1 N–H and O–H groups in total. The number of hydrogen-bond donors (Lipinski definition) is 1. The highest BCUT2D eigenvalue weighted by Gasteiger charge is 2.17. The topological polar surface area (TPSA) is 30.5 Å². The molecule has 0 atom stereocenters. The van der Waals surface area contributed by atoms with Crippen molar-refractivity contribution in [3.8, 4) is 22.6 Å². The van der Waals surface area contributed by atoms with Gasteiger partial charge in [-0.2, -0.15) is 0 Å². The van der Waals surface area contributed by atoms with Crippen LogP contribution >= 0.6 is 0 Å². The first-order valence-electron chi connectivity index (χ1n) is 11.7. The molecule has 3 nitrogen and oxygen atoms in total. The molecule has 0 aliphatic carbocycles. The molecule has 0 aromatic heterocycles. The molecule has 3 aromatic rings. The molecule has 0 aliphatic heterocycles. The molecule has 3 rings (SSSR count). The second-order valence-corrected chi connectivity index (χ2v) is 9.43. The lowest BCUT2D eigenvalue weighted by Gasteiger charge is -2.20. The standard InChI is InChI=1S/C30H37NO2/c1-8-17-31-27-12-10-9-11-23(27)18-21(2)24-19-26(29(33-7)28(20-24)32-6)22-13-15-25(16-14-22)30(3,4)5/h9-16,18-20,31H,8,17H2,1-7H3/b21-18+. The molecule has 0 saturated heterocycles. The summed E-state index contributed by atoms with van der Waals surface area (Å²) in [5, 5.41) is 3.53. The number of rotatable bonds is 8. The van der Waals surface area contributed by atoms with Gasteiger partial charge in [0, 0.05) is 17.8 Å². The van der Waals surface area contributed by atoms with Crippen molar-refractivity contribution in [1.82, 2.24) is 0 Å². The summed E-state index contributed by atoms with van der Waals surface area (Å²) in [6.07, 6.45) is 3.32. The Labute approximate surface area is 199 Å². The summed E-state index contributed by atoms with van der Waals surface area (Å²) >= 11 is 0. The third-order valence-corrected chi connectivity index (χ3v) is 5.89. The molecule has 3 heteroatoms. The van der Waals surface area contributed by atoms with E-state index in [0.29, 0.717) is 0 Å². The average molecular weight is 444 g/mol. The van der Waals surface area contributed by atoms with Gasteiger partial charge in [-0.3, -0.25) is 0 Å². The quantitative estimate of drug-likeness (QED) is 0.357. The zero-order valence-electron chi connectivity index (χ0n) is 21.1. The number of benzene rings is 3. The Balaban J connectivity index is 2.08. The zero-order chi connectivity index (χ0) is 24.0. The van der Waals surface area contributed by atoms with Gasteiger partial charge >= 0.3 is 0 Å². The highest BCUT2D eigenvalue weighted by Crippen LogP contribution is 2.41. The van der Waals surface area contributed by atoms with Gasteiger partial charge in [-0.05, 0) is 70.9 Å². The predicted octanol–water partition coefficient (Wildman–Crippen LogP) is 8.05. The Morgan fingerprint density at radius 3 is 2.24 bits per heavy atom. The molecule has 33 heavy (non-hydrogen) atoms. The van der Waals surface area contributed by atoms with Crippen LogP contribution in [-0.2, 0) is 5.41 Å². The van der Waals surface area contributed by atoms with Crippen LogP contribution in [0, 0.1) is 0 Å². The minimum Gasteiger partial charge on any atom is -0.493 e. The van der Waals surface area contributed by atoms with Crippen molar-refractivity contribution in [2.24, 2.45) is 0 Å². The van der Waals surface area contributed by atoms with E-state index in [1.54, 1.807) is 14.2 Å². The molecule has 0 amide bonds. The molecule has 174 valence electrons. The van der Waals surface area contributed by atoms with Crippen LogP contribution < -0.4 is 14.8 Å². The Kier molecular flexibility index (Phi) is 7.86. The van der Waals surface area contributed by atoms with E-state index in [-0.39, 0.29) is 5.41 Å². The molecule has 0 unspecified atom stereocenters. The molecule has 0 bridgehead atoms. The van der Waals surface area contributed by atoms with Crippen LogP contribution in [0.4, 0.5) is 5.69 Å². The Hall–Kier alpha value is -3.20. The SMILES string of the molecule is CCCNc1ccccc1/C=C(\C)c1cc(OC)c(OC)c(-c2ccc(C(C)(C)C)cc2)c1. The summed E-state index contributed by atoms with van der Waals surface area (Å²) in [6, 6.07) is 21.4. The van der Waals surface area contributed by atoms with E-state index < -0.39 is 0 Å². The Morgan fingerprint density at radius 2 is 1.64 bits per heavy atom. The van der Waals surface area contributed by atoms with Crippen molar-refractivity contribution in [3.05, 3.63) is 77.4 Å². The summed E-state index contributed by atoms with van der Waals surface area (Å²) in [6.45, 7) is 12.0. The lowest BCUT2D eigenvalue weighted by Crippen LogP contribution is -2.10. The number of para-hydroxylation sites is 1. The first kappa shape index (κ1) is 24.4. The van der Waals surface area contributed by atoms with Gasteiger partial charge in [0.25, 0.3) is 0 Å². The number of nitrogens with one attached hydrogen (secondary N) is 1. The van der Waals surface area contributed by atoms with Gasteiger partial charge in [0.05, 0.1) is 14.2 Å². The van der Waals surface area contributed by atoms with Gasteiger partial charge in [0.15, 0.2) is 11.5 Å². The fourth-order valence-electron chi connectivity index (χ4n) is 3.92. The number of hydrogen-bond acceptors (Lipinski definition) is 3. The molecule has 0 heterocycles. The third-order valence-electron chi connectivity index (χ3n) is 5.89.